The summed E-state index contributed by atoms with van der Waals surface area (Å²) in [6.45, 7) is 0. The Hall–Kier alpha value is -1.69. The Labute approximate surface area is 105 Å². The molecule has 0 radical (unpaired) electrons. The summed E-state index contributed by atoms with van der Waals surface area (Å²) in [6.07, 6.45) is -0.646. The lowest BCUT2D eigenvalue weighted by Crippen LogP contribution is -2.19. The Morgan fingerprint density at radius 2 is 1.33 bits per heavy atom. The third-order valence-corrected chi connectivity index (χ3v) is 3.47. The van der Waals surface area contributed by atoms with Gasteiger partial charge in [0.25, 0.3) is 0 Å². The van der Waals surface area contributed by atoms with Gasteiger partial charge in [0.1, 0.15) is 6.10 Å². The van der Waals surface area contributed by atoms with Crippen molar-refractivity contribution in [3.8, 4) is 11.1 Å². The van der Waals surface area contributed by atoms with Gasteiger partial charge in [-0.05, 0) is 22.3 Å². The molecule has 0 bridgehead atoms. The van der Waals surface area contributed by atoms with Crippen LogP contribution in [-0.4, -0.2) is 8.42 Å². The number of nitrogens with two attached hydrogens (primary N) is 1. The first kappa shape index (κ1) is 11.4. The molecule has 1 aliphatic rings. The fourth-order valence-corrected chi connectivity index (χ4v) is 2.82. The van der Waals surface area contributed by atoms with Gasteiger partial charge in [0, 0.05) is 0 Å². The molecule has 2 aromatic rings. The SMILES string of the molecule is NS(=O)(=O)OC1c2ccccc2-c2ccccc21. The highest BCUT2D eigenvalue weighted by Crippen LogP contribution is 2.45. The largest absolute Gasteiger partial charge is 0.334 e. The van der Waals surface area contributed by atoms with Crippen LogP contribution in [0, 0.1) is 0 Å². The summed E-state index contributed by atoms with van der Waals surface area (Å²) < 4.78 is 27.3. The molecule has 4 nitrogen and oxygen atoms in total. The first-order valence-electron chi connectivity index (χ1n) is 5.45. The van der Waals surface area contributed by atoms with E-state index in [2.05, 4.69) is 0 Å². The van der Waals surface area contributed by atoms with Crippen LogP contribution in [0.4, 0.5) is 0 Å². The van der Waals surface area contributed by atoms with Gasteiger partial charge in [0.05, 0.1) is 0 Å². The van der Waals surface area contributed by atoms with E-state index in [0.717, 1.165) is 22.3 Å². The minimum Gasteiger partial charge on any atom is -0.245 e. The minimum atomic E-state index is -3.99. The van der Waals surface area contributed by atoms with Crippen LogP contribution in [0.2, 0.25) is 0 Å². The molecular formula is C13H11NO3S. The second-order valence-electron chi connectivity index (χ2n) is 4.14. The van der Waals surface area contributed by atoms with Crippen molar-refractivity contribution >= 4 is 10.3 Å². The molecular weight excluding hydrogens is 250 g/mol. The molecule has 3 rings (SSSR count). The molecule has 2 N–H and O–H groups in total. The van der Waals surface area contributed by atoms with Gasteiger partial charge < -0.3 is 0 Å². The first-order chi connectivity index (χ1) is 8.56. The third kappa shape index (κ3) is 1.82. The van der Waals surface area contributed by atoms with Gasteiger partial charge in [-0.3, -0.25) is 0 Å². The summed E-state index contributed by atoms with van der Waals surface area (Å²) in [5, 5.41) is 4.98. The van der Waals surface area contributed by atoms with Crippen molar-refractivity contribution in [2.24, 2.45) is 5.14 Å². The van der Waals surface area contributed by atoms with Crippen LogP contribution in [0.1, 0.15) is 17.2 Å². The maximum atomic E-state index is 11.2. The van der Waals surface area contributed by atoms with E-state index in [0.29, 0.717) is 0 Å². The molecule has 92 valence electrons. The molecule has 18 heavy (non-hydrogen) atoms. The van der Waals surface area contributed by atoms with E-state index in [9.17, 15) is 8.42 Å². The molecule has 0 unspecified atom stereocenters. The average molecular weight is 261 g/mol. The first-order valence-corrected chi connectivity index (χ1v) is 6.92. The topological polar surface area (TPSA) is 69.4 Å². The second-order valence-corrected chi connectivity index (χ2v) is 5.32. The van der Waals surface area contributed by atoms with Gasteiger partial charge in [-0.15, -0.1) is 0 Å². The zero-order valence-electron chi connectivity index (χ0n) is 9.41. The van der Waals surface area contributed by atoms with Gasteiger partial charge in [-0.1, -0.05) is 48.5 Å². The van der Waals surface area contributed by atoms with Crippen LogP contribution in [0.15, 0.2) is 48.5 Å². The van der Waals surface area contributed by atoms with Gasteiger partial charge >= 0.3 is 10.3 Å². The minimum absolute atomic E-state index is 0.646. The zero-order valence-corrected chi connectivity index (χ0v) is 10.2. The Morgan fingerprint density at radius 1 is 0.889 bits per heavy atom. The monoisotopic (exact) mass is 261 g/mol. The molecule has 0 heterocycles. The smallest absolute Gasteiger partial charge is 0.245 e. The number of hydrogen-bond donors (Lipinski definition) is 1. The molecule has 5 heteroatoms. The lowest BCUT2D eigenvalue weighted by atomic mass is 10.1. The van der Waals surface area contributed by atoms with Crippen LogP contribution >= 0.6 is 0 Å². The van der Waals surface area contributed by atoms with E-state index >= 15 is 0 Å². The Kier molecular flexibility index (Phi) is 2.48. The van der Waals surface area contributed by atoms with E-state index in [-0.39, 0.29) is 0 Å². The van der Waals surface area contributed by atoms with Gasteiger partial charge in [0.2, 0.25) is 0 Å². The highest BCUT2D eigenvalue weighted by Gasteiger charge is 2.31. The van der Waals surface area contributed by atoms with Crippen molar-refractivity contribution in [2.45, 2.75) is 6.10 Å². The van der Waals surface area contributed by atoms with Crippen molar-refractivity contribution in [3.05, 3.63) is 59.7 Å². The van der Waals surface area contributed by atoms with Crippen LogP contribution in [-0.2, 0) is 14.5 Å². The fourth-order valence-electron chi connectivity index (χ4n) is 2.35. The zero-order chi connectivity index (χ0) is 12.8. The van der Waals surface area contributed by atoms with Crippen LogP contribution in [0.5, 0.6) is 0 Å². The predicted octanol–water partition coefficient (Wildman–Crippen LogP) is 1.98. The fraction of sp³-hybridized carbons (Fsp3) is 0.0769. The number of fused-ring (bicyclic) bond motifs is 3. The standard InChI is InChI=1S/C13H11NO3S/c14-18(15,16)17-13-11-7-3-1-5-9(11)10-6-2-4-8-12(10)13/h1-8,13H,(H2,14,15,16). The molecule has 0 aliphatic heterocycles. The molecule has 0 saturated carbocycles. The van der Waals surface area contributed by atoms with Crippen LogP contribution < -0.4 is 5.14 Å². The molecule has 0 atom stereocenters. The summed E-state index contributed by atoms with van der Waals surface area (Å²) >= 11 is 0. The number of rotatable bonds is 2. The quantitative estimate of drug-likeness (QED) is 0.898. The summed E-state index contributed by atoms with van der Waals surface area (Å²) in [6, 6.07) is 15.1. The van der Waals surface area contributed by atoms with Crippen molar-refractivity contribution in [1.82, 2.24) is 0 Å². The van der Waals surface area contributed by atoms with Gasteiger partial charge in [-0.25, -0.2) is 9.32 Å². The molecule has 0 aromatic heterocycles. The molecule has 2 aromatic carbocycles. The third-order valence-electron chi connectivity index (χ3n) is 3.01. The van der Waals surface area contributed by atoms with E-state index in [1.165, 1.54) is 0 Å². The highest BCUT2D eigenvalue weighted by atomic mass is 32.2. The summed E-state index contributed by atoms with van der Waals surface area (Å²) in [5.41, 5.74) is 3.63. The maximum Gasteiger partial charge on any atom is 0.334 e. The van der Waals surface area contributed by atoms with E-state index < -0.39 is 16.4 Å². The number of benzene rings is 2. The van der Waals surface area contributed by atoms with E-state index in [1.807, 2.05) is 48.5 Å². The van der Waals surface area contributed by atoms with Gasteiger partial charge in [-0.2, -0.15) is 8.42 Å². The maximum absolute atomic E-state index is 11.2. The number of hydrogen-bond acceptors (Lipinski definition) is 3. The van der Waals surface area contributed by atoms with Gasteiger partial charge in [0.15, 0.2) is 0 Å². The lowest BCUT2D eigenvalue weighted by Gasteiger charge is -2.12. The van der Waals surface area contributed by atoms with Crippen molar-refractivity contribution in [2.75, 3.05) is 0 Å². The molecule has 0 saturated heterocycles. The predicted molar refractivity (Wildman–Crippen MR) is 67.9 cm³/mol. The Morgan fingerprint density at radius 3 is 1.78 bits per heavy atom. The molecule has 1 aliphatic carbocycles. The van der Waals surface area contributed by atoms with E-state index in [4.69, 9.17) is 9.32 Å². The molecule has 0 fully saturated rings. The van der Waals surface area contributed by atoms with Crippen LogP contribution in [0.3, 0.4) is 0 Å². The van der Waals surface area contributed by atoms with Crippen LogP contribution in [0.25, 0.3) is 11.1 Å². The molecule has 0 spiro atoms. The average Bonchev–Trinajstić information content (AvgIpc) is 2.64. The van der Waals surface area contributed by atoms with Crippen molar-refractivity contribution in [3.63, 3.8) is 0 Å². The normalized spacial score (nSPS) is 14.3. The summed E-state index contributed by atoms with van der Waals surface area (Å²) in [7, 11) is -3.99. The van der Waals surface area contributed by atoms with Crippen molar-refractivity contribution < 1.29 is 12.6 Å². The second kappa shape index (κ2) is 3.91. The Bertz CT molecular complexity index is 664. The van der Waals surface area contributed by atoms with Crippen molar-refractivity contribution in [1.29, 1.82) is 0 Å². The molecule has 0 amide bonds. The summed E-state index contributed by atoms with van der Waals surface area (Å²) in [5.74, 6) is 0. The Balaban J connectivity index is 2.21. The highest BCUT2D eigenvalue weighted by molar-refractivity contribution is 7.84. The summed E-state index contributed by atoms with van der Waals surface area (Å²) in [4.78, 5) is 0. The lowest BCUT2D eigenvalue weighted by molar-refractivity contribution is 0.258. The van der Waals surface area contributed by atoms with E-state index in [1.54, 1.807) is 0 Å².